The summed E-state index contributed by atoms with van der Waals surface area (Å²) in [4.78, 5) is 39.9. The maximum atomic E-state index is 13.9. The fourth-order valence-corrected chi connectivity index (χ4v) is 15.1. The second-order valence-corrected chi connectivity index (χ2v) is 23.1. The van der Waals surface area contributed by atoms with E-state index in [0.29, 0.717) is 51.4 Å². The maximum absolute atomic E-state index is 13.9. The summed E-state index contributed by atoms with van der Waals surface area (Å²) < 4.78 is 42.5. The molecule has 4 heterocycles. The molecule has 24 atom stereocenters. The van der Waals surface area contributed by atoms with Gasteiger partial charge in [0.15, 0.2) is 37.2 Å². The van der Waals surface area contributed by atoms with Crippen molar-refractivity contribution in [1.82, 2.24) is 0 Å². The van der Waals surface area contributed by atoms with E-state index in [1.165, 1.54) is 0 Å². The van der Waals surface area contributed by atoms with Gasteiger partial charge in [-0.25, -0.2) is 4.79 Å². The highest BCUT2D eigenvalue weighted by Crippen LogP contribution is 2.76. The lowest BCUT2D eigenvalue weighted by molar-refractivity contribution is -0.387. The molecule has 0 radical (unpaired) electrons. The number of aliphatic hydroxyl groups excluding tert-OH is 8. The molecular weight excluding hydrogens is 884 g/mol. The molecular formula is C47H70O20. The first kappa shape index (κ1) is 49.7. The minimum atomic E-state index is -2.25. The van der Waals surface area contributed by atoms with Crippen LogP contribution in [0.5, 0.6) is 0 Å². The van der Waals surface area contributed by atoms with Crippen molar-refractivity contribution in [2.45, 2.75) is 197 Å². The first-order valence-electron chi connectivity index (χ1n) is 23.9. The fourth-order valence-electron chi connectivity index (χ4n) is 15.1. The first-order valence-corrected chi connectivity index (χ1v) is 23.9. The zero-order valence-corrected chi connectivity index (χ0v) is 38.9. The molecule has 0 spiro atoms. The highest BCUT2D eigenvalue weighted by Gasteiger charge is 2.78. The Hall–Kier alpha value is -2.25. The van der Waals surface area contributed by atoms with Gasteiger partial charge in [0.2, 0.25) is 5.79 Å². The van der Waals surface area contributed by atoms with Crippen LogP contribution in [0.3, 0.4) is 0 Å². The predicted octanol–water partition coefficient (Wildman–Crippen LogP) is -0.0470. The normalized spacial score (nSPS) is 55.6. The number of carbonyl (C=O) groups excluding carboxylic acids is 1. The van der Waals surface area contributed by atoms with E-state index in [-0.39, 0.29) is 29.6 Å². The number of aliphatic hydroxyl groups is 8. The van der Waals surface area contributed by atoms with E-state index in [1.54, 1.807) is 6.92 Å². The average molecular weight is 955 g/mol. The monoisotopic (exact) mass is 954 g/mol. The van der Waals surface area contributed by atoms with E-state index in [1.807, 2.05) is 0 Å². The number of allylic oxidation sites excluding steroid dienone is 2. The summed E-state index contributed by atoms with van der Waals surface area (Å²) in [6.45, 7) is 11.5. The number of hydrogen-bond acceptors (Lipinski definition) is 18. The number of carbonyl (C=O) groups is 3. The van der Waals surface area contributed by atoms with Crippen LogP contribution in [-0.4, -0.2) is 180 Å². The van der Waals surface area contributed by atoms with Crippen molar-refractivity contribution >= 4 is 18.2 Å². The van der Waals surface area contributed by atoms with Crippen LogP contribution in [0.15, 0.2) is 11.6 Å². The Bertz CT molecular complexity index is 1980. The smallest absolute Gasteiger partial charge is 0.335 e. The molecule has 20 nitrogen and oxygen atoms in total. The quantitative estimate of drug-likeness (QED) is 0.0594. The number of aliphatic carboxylic acids is 2. The van der Waals surface area contributed by atoms with E-state index in [4.69, 9.17) is 33.2 Å². The number of hydrogen-bond donors (Lipinski definition) is 10. The van der Waals surface area contributed by atoms with Crippen LogP contribution in [0, 0.1) is 50.2 Å². The zero-order chi connectivity index (χ0) is 48.8. The molecule has 10 N–H and O–H groups in total. The van der Waals surface area contributed by atoms with Crippen molar-refractivity contribution in [2.24, 2.45) is 50.2 Å². The molecule has 0 aromatic heterocycles. The molecule has 20 unspecified atom stereocenters. The topological polar surface area (TPSA) is 321 Å². The number of carboxylic acids is 2. The number of ether oxygens (including phenoxy) is 7. The van der Waals surface area contributed by atoms with Crippen LogP contribution in [0.25, 0.3) is 0 Å². The minimum Gasteiger partial charge on any atom is -0.481 e. The van der Waals surface area contributed by atoms with E-state index < -0.39 is 150 Å². The molecule has 378 valence electrons. The third-order valence-corrected chi connectivity index (χ3v) is 19.3. The summed E-state index contributed by atoms with van der Waals surface area (Å²) in [7, 11) is 0. The Morgan fingerprint density at radius 1 is 0.791 bits per heavy atom. The van der Waals surface area contributed by atoms with Crippen LogP contribution in [-0.2, 0) is 47.5 Å². The summed E-state index contributed by atoms with van der Waals surface area (Å²) in [6.07, 6.45) is -17.0. The Morgan fingerprint density at radius 2 is 1.49 bits per heavy atom. The number of aldehydes is 1. The molecule has 4 saturated heterocycles. The van der Waals surface area contributed by atoms with Gasteiger partial charge in [-0.3, -0.25) is 4.79 Å². The summed E-state index contributed by atoms with van der Waals surface area (Å²) in [5.41, 5.74) is -2.99. The van der Waals surface area contributed by atoms with E-state index >= 15 is 0 Å². The van der Waals surface area contributed by atoms with Gasteiger partial charge in [-0.2, -0.15) is 0 Å². The summed E-state index contributed by atoms with van der Waals surface area (Å²) in [5.74, 6) is -5.38. The van der Waals surface area contributed by atoms with Crippen molar-refractivity contribution in [3.8, 4) is 0 Å². The van der Waals surface area contributed by atoms with Gasteiger partial charge in [0, 0.05) is 0 Å². The van der Waals surface area contributed by atoms with Gasteiger partial charge in [-0.05, 0) is 97.2 Å². The predicted molar refractivity (Wildman–Crippen MR) is 225 cm³/mol. The van der Waals surface area contributed by atoms with Gasteiger partial charge in [-0.1, -0.05) is 53.2 Å². The Labute approximate surface area is 388 Å². The standard InChI is InChI=1S/C47H70O20/c1-41(2)13-14-46(40(59)60)21(15-41)20-7-8-25-42(3)11-10-27(43(4,19-49)24(42)9-12-44(25,5)45(20,6)16-26(46)51)63-39-35(65-38-32(56)30(54)29(53)23(17-48)62-38)47(34(66-47)33(64-39)36(57)58)67-37-31(55)28(52)22(50)18-61-37/h7,19,21-35,37-39,48,50-56H,8-18H2,1-6H3,(H,57,58)(H,59,60)/t21?,22?,23?,24?,25?,26-,27?,28?,29?,30?,31?,32?,33?,34?,35?,37?,38?,39?,42?,43+,44?,45-,46-,47?/m1/s1. The molecule has 5 aliphatic carbocycles. The van der Waals surface area contributed by atoms with Crippen molar-refractivity contribution in [3.63, 3.8) is 0 Å². The molecule has 9 aliphatic rings. The van der Waals surface area contributed by atoms with E-state index in [2.05, 4.69) is 40.7 Å². The second kappa shape index (κ2) is 16.7. The van der Waals surface area contributed by atoms with Crippen molar-refractivity contribution in [1.29, 1.82) is 0 Å². The summed E-state index contributed by atoms with van der Waals surface area (Å²) >= 11 is 0. The number of epoxide rings is 1. The highest BCUT2D eigenvalue weighted by atomic mass is 16.9. The molecule has 9 rings (SSSR count). The lowest BCUT2D eigenvalue weighted by Crippen LogP contribution is -2.68. The molecule has 0 amide bonds. The molecule has 20 heteroatoms. The van der Waals surface area contributed by atoms with Crippen molar-refractivity contribution < 1.29 is 98.6 Å². The average Bonchev–Trinajstić information content (AvgIpc) is 4.00. The van der Waals surface area contributed by atoms with E-state index in [9.17, 15) is 65.4 Å². The van der Waals surface area contributed by atoms with Crippen LogP contribution in [0.2, 0.25) is 0 Å². The largest absolute Gasteiger partial charge is 0.481 e. The Kier molecular flexibility index (Phi) is 12.4. The molecule has 67 heavy (non-hydrogen) atoms. The zero-order valence-electron chi connectivity index (χ0n) is 38.9. The number of rotatable bonds is 10. The number of carboxylic acid groups (broad SMARTS) is 2. The van der Waals surface area contributed by atoms with Crippen LogP contribution in [0.1, 0.15) is 99.3 Å². The maximum Gasteiger partial charge on any atom is 0.335 e. The highest BCUT2D eigenvalue weighted by molar-refractivity contribution is 5.78. The summed E-state index contributed by atoms with van der Waals surface area (Å²) in [6, 6.07) is 0. The van der Waals surface area contributed by atoms with Gasteiger partial charge in [0.25, 0.3) is 0 Å². The van der Waals surface area contributed by atoms with Crippen LogP contribution >= 0.6 is 0 Å². The number of fused-ring (bicyclic) bond motifs is 8. The van der Waals surface area contributed by atoms with E-state index in [0.717, 1.165) is 11.9 Å². The van der Waals surface area contributed by atoms with Gasteiger partial charge in [-0.15, -0.1) is 0 Å². The van der Waals surface area contributed by atoms with Gasteiger partial charge < -0.3 is 89.0 Å². The summed E-state index contributed by atoms with van der Waals surface area (Å²) in [5, 5.41) is 107. The van der Waals surface area contributed by atoms with Gasteiger partial charge in [0.05, 0.1) is 30.8 Å². The SMILES string of the molecule is CC1(C)CC[C@@]2(C(=O)O)C(C1)C1=CCC3C4(C)CCC(OC5OC(C(=O)O)C6OC6(OC6OCC(O)C(O)C6O)C5OC5OC(CO)C(O)C(O)C5O)[C@@](C)(C=O)C4CCC3(C)[C@]1(C)C[C@H]2O. The molecule has 0 aromatic carbocycles. The van der Waals surface area contributed by atoms with Crippen molar-refractivity contribution in [2.75, 3.05) is 13.2 Å². The Balaban J connectivity index is 1.05. The van der Waals surface area contributed by atoms with Crippen molar-refractivity contribution in [3.05, 3.63) is 11.6 Å². The molecule has 4 saturated carbocycles. The van der Waals surface area contributed by atoms with Gasteiger partial charge in [0.1, 0.15) is 54.4 Å². The van der Waals surface area contributed by atoms with Crippen LogP contribution in [0.4, 0.5) is 0 Å². The Morgan fingerprint density at radius 3 is 2.15 bits per heavy atom. The molecule has 8 fully saturated rings. The second-order valence-electron chi connectivity index (χ2n) is 23.1. The molecule has 0 bridgehead atoms. The van der Waals surface area contributed by atoms with Gasteiger partial charge >= 0.3 is 11.9 Å². The lowest BCUT2D eigenvalue weighted by Gasteiger charge is -2.71. The van der Waals surface area contributed by atoms with Crippen LogP contribution < -0.4 is 0 Å². The third kappa shape index (κ3) is 7.12. The first-order chi connectivity index (χ1) is 31.3. The molecule has 0 aromatic rings. The fraction of sp³-hybridized carbons (Fsp3) is 0.894. The molecule has 4 aliphatic heterocycles. The minimum absolute atomic E-state index is 0.00785. The lowest BCUT2D eigenvalue weighted by atomic mass is 9.33. The third-order valence-electron chi connectivity index (χ3n) is 19.3.